The van der Waals surface area contributed by atoms with E-state index in [-0.39, 0.29) is 61.6 Å². The van der Waals surface area contributed by atoms with Crippen LogP contribution in [0, 0.1) is 23.7 Å². The maximum Gasteiger partial charge on any atom is 0.307 e. The summed E-state index contributed by atoms with van der Waals surface area (Å²) in [5, 5.41) is 70.0. The van der Waals surface area contributed by atoms with E-state index in [1.54, 1.807) is 45.9 Å². The van der Waals surface area contributed by atoms with Crippen LogP contribution in [-0.4, -0.2) is 90.4 Å². The molecule has 46 heavy (non-hydrogen) atoms. The van der Waals surface area contributed by atoms with E-state index >= 15 is 0 Å². The highest BCUT2D eigenvalue weighted by atomic mass is 16.5. The van der Waals surface area contributed by atoms with Crippen molar-refractivity contribution in [2.24, 2.45) is 23.7 Å². The molecule has 0 rings (SSSR count). The Kier molecular flexibility index (Phi) is 39.3. The molecular weight excluding hydrogens is 592 g/mol. The number of hydrogen-bond donors (Lipinski definition) is 8. The third-order valence-electron chi connectivity index (χ3n) is 7.16. The first kappa shape index (κ1) is 50.7. The van der Waals surface area contributed by atoms with Gasteiger partial charge in [-0.25, -0.2) is 0 Å². The third kappa shape index (κ3) is 43.9. The van der Waals surface area contributed by atoms with Gasteiger partial charge in [0.15, 0.2) is 6.29 Å². The highest BCUT2D eigenvalue weighted by molar-refractivity contribution is 5.68. The third-order valence-corrected chi connectivity index (χ3v) is 7.16. The van der Waals surface area contributed by atoms with Gasteiger partial charge in [-0.15, -0.1) is 0 Å². The summed E-state index contributed by atoms with van der Waals surface area (Å²) in [5.74, 6) is 0.172. The van der Waals surface area contributed by atoms with Crippen LogP contribution in [-0.2, 0) is 9.59 Å². The van der Waals surface area contributed by atoms with Crippen molar-refractivity contribution in [1.29, 1.82) is 0 Å². The zero-order chi connectivity index (χ0) is 36.5. The first-order valence-corrected chi connectivity index (χ1v) is 16.4. The van der Waals surface area contributed by atoms with Gasteiger partial charge in [0, 0.05) is 19.4 Å². The van der Waals surface area contributed by atoms with Crippen LogP contribution >= 0.6 is 0 Å². The van der Waals surface area contributed by atoms with Gasteiger partial charge < -0.3 is 45.6 Å². The molecule has 0 saturated carbocycles. The number of hydrogen-bond acceptors (Lipinski definition) is 9. The minimum atomic E-state index is -1.26. The van der Waals surface area contributed by atoms with Crippen molar-refractivity contribution in [1.82, 2.24) is 0 Å². The number of rotatable bonds is 20. The normalized spacial score (nSPS) is 16.8. The van der Waals surface area contributed by atoms with Gasteiger partial charge >= 0.3 is 5.97 Å². The maximum atomic E-state index is 10.1. The summed E-state index contributed by atoms with van der Waals surface area (Å²) >= 11 is 0. The van der Waals surface area contributed by atoms with Crippen LogP contribution in [0.1, 0.15) is 107 Å². The highest BCUT2D eigenvalue weighted by Gasteiger charge is 2.07. The monoisotopic (exact) mass is 660 g/mol. The van der Waals surface area contributed by atoms with Gasteiger partial charge in [-0.05, 0) is 83.5 Å². The summed E-state index contributed by atoms with van der Waals surface area (Å²) < 4.78 is 0. The second kappa shape index (κ2) is 35.7. The summed E-state index contributed by atoms with van der Waals surface area (Å²) in [7, 11) is 0. The molecule has 8 N–H and O–H groups in total. The summed E-state index contributed by atoms with van der Waals surface area (Å²) in [6.07, 6.45) is 17.9. The molecule has 0 aliphatic carbocycles. The zero-order valence-corrected chi connectivity index (χ0v) is 29.7. The fourth-order valence-corrected chi connectivity index (χ4v) is 2.78. The fourth-order valence-electron chi connectivity index (χ4n) is 2.78. The van der Waals surface area contributed by atoms with Crippen LogP contribution in [0.2, 0.25) is 0 Å². The Hall–Kier alpha value is -2.18. The second-order valence-electron chi connectivity index (χ2n) is 11.9. The molecule has 0 fully saturated rings. The fraction of sp³-hybridized carbons (Fsp3) is 0.722. The standard InChI is InChI=1S/C9H18O3.C9H16O3.C9H18O2.C9H16O2/c2*1-7(8(2)10)5-3-4-6-9(11)12;2*1-8(9(2)11)6-4-3-5-7-10/h3-4,7-12H,5-6H2,1-2H3;3-4,7-8,10H,5-6H2,1-2H3,(H,11,12);3-4,8-11H,5-7H2,1-2H3;3-4,7-9,11H,5-6H2,1-2H3/b4*4-3+/t2*7?,8-;2*8?,9-/m0000/s1. The lowest BCUT2D eigenvalue weighted by Crippen LogP contribution is -2.11. The van der Waals surface area contributed by atoms with E-state index in [0.29, 0.717) is 18.8 Å². The number of allylic oxidation sites excluding steroid dienone is 5. The first-order chi connectivity index (χ1) is 21.4. The molecule has 0 heterocycles. The van der Waals surface area contributed by atoms with E-state index in [2.05, 4.69) is 0 Å². The van der Waals surface area contributed by atoms with Gasteiger partial charge in [0.05, 0.1) is 30.8 Å². The van der Waals surface area contributed by atoms with Crippen molar-refractivity contribution in [3.63, 3.8) is 0 Å². The molecular formula is C36H68O10. The van der Waals surface area contributed by atoms with Gasteiger partial charge in [-0.2, -0.15) is 0 Å². The van der Waals surface area contributed by atoms with Crippen molar-refractivity contribution in [2.75, 3.05) is 6.61 Å². The number of aliphatic hydroxyl groups is 7. The number of aliphatic hydroxyl groups excluding tert-OH is 6. The molecule has 0 bridgehead atoms. The molecule has 0 radical (unpaired) electrons. The summed E-state index contributed by atoms with van der Waals surface area (Å²) in [6.45, 7) is 15.1. The van der Waals surface area contributed by atoms with Crippen molar-refractivity contribution in [3.05, 3.63) is 48.6 Å². The van der Waals surface area contributed by atoms with Crippen LogP contribution in [0.25, 0.3) is 0 Å². The van der Waals surface area contributed by atoms with Crippen molar-refractivity contribution < 1.29 is 50.4 Å². The molecule has 0 aromatic heterocycles. The molecule has 10 nitrogen and oxygen atoms in total. The molecule has 8 atom stereocenters. The summed E-state index contributed by atoms with van der Waals surface area (Å²) in [4.78, 5) is 20.0. The number of carbonyl (C=O) groups excluding carboxylic acids is 1. The van der Waals surface area contributed by atoms with Gasteiger partial charge in [0.2, 0.25) is 0 Å². The van der Waals surface area contributed by atoms with Gasteiger partial charge in [-0.1, -0.05) is 76.3 Å². The maximum absolute atomic E-state index is 10.1. The zero-order valence-electron chi connectivity index (χ0n) is 29.7. The molecule has 0 saturated heterocycles. The topological polar surface area (TPSA) is 196 Å². The van der Waals surface area contributed by atoms with Crippen LogP contribution in [0.4, 0.5) is 0 Å². The molecule has 0 amide bonds. The average molecular weight is 661 g/mol. The number of carboxylic acids is 1. The Morgan fingerprint density at radius 2 is 0.848 bits per heavy atom. The quantitative estimate of drug-likeness (QED) is 0.0503. The van der Waals surface area contributed by atoms with Gasteiger partial charge in [0.25, 0.3) is 0 Å². The largest absolute Gasteiger partial charge is 0.481 e. The van der Waals surface area contributed by atoms with E-state index in [0.717, 1.165) is 32.0 Å². The predicted octanol–water partition coefficient (Wildman–Crippen LogP) is 4.95. The second-order valence-corrected chi connectivity index (χ2v) is 11.9. The molecule has 4 unspecified atom stereocenters. The summed E-state index contributed by atoms with van der Waals surface area (Å²) in [6, 6.07) is 0. The average Bonchev–Trinajstić information content (AvgIpc) is 2.98. The van der Waals surface area contributed by atoms with Crippen LogP contribution < -0.4 is 0 Å². The SMILES string of the molecule is CC(C/C=C/CC(=O)O)[C@H](C)O.CC(C/C=C/CC(O)O)[C@H](C)O.CC(C/C=C/CC=O)[C@H](C)O.CC(C/C=C/CCO)[C@H](C)O. The van der Waals surface area contributed by atoms with Crippen LogP contribution in [0.3, 0.4) is 0 Å². The minimum absolute atomic E-state index is 0.0620. The molecule has 0 aromatic carbocycles. The number of aldehydes is 1. The Balaban J connectivity index is -0.000000256. The van der Waals surface area contributed by atoms with E-state index in [1.165, 1.54) is 0 Å². The Bertz CT molecular complexity index is 786. The lowest BCUT2D eigenvalue weighted by molar-refractivity contribution is -0.136. The number of carbonyl (C=O) groups is 2. The molecule has 0 aromatic rings. The van der Waals surface area contributed by atoms with Crippen molar-refractivity contribution >= 4 is 12.3 Å². The first-order valence-electron chi connectivity index (χ1n) is 16.4. The van der Waals surface area contributed by atoms with Gasteiger partial charge in [0.1, 0.15) is 6.29 Å². The minimum Gasteiger partial charge on any atom is -0.481 e. The molecule has 0 spiro atoms. The lowest BCUT2D eigenvalue weighted by Gasteiger charge is -2.11. The van der Waals surface area contributed by atoms with Crippen molar-refractivity contribution in [3.8, 4) is 0 Å². The molecule has 0 aliphatic rings. The number of carboxylic acid groups (broad SMARTS) is 1. The lowest BCUT2D eigenvalue weighted by atomic mass is 10.0. The Morgan fingerprint density at radius 3 is 1.15 bits per heavy atom. The van der Waals surface area contributed by atoms with E-state index in [4.69, 9.17) is 40.9 Å². The van der Waals surface area contributed by atoms with E-state index < -0.39 is 12.3 Å². The smallest absolute Gasteiger partial charge is 0.307 e. The van der Waals surface area contributed by atoms with Crippen LogP contribution in [0.5, 0.6) is 0 Å². The predicted molar refractivity (Wildman–Crippen MR) is 186 cm³/mol. The Labute approximate surface area is 278 Å². The summed E-state index contributed by atoms with van der Waals surface area (Å²) in [5.41, 5.74) is 0. The van der Waals surface area contributed by atoms with Crippen molar-refractivity contribution in [2.45, 2.75) is 137 Å². The van der Waals surface area contributed by atoms with Crippen LogP contribution in [0.15, 0.2) is 48.6 Å². The van der Waals surface area contributed by atoms with Gasteiger partial charge in [-0.3, -0.25) is 4.79 Å². The number of aliphatic carboxylic acids is 1. The van der Waals surface area contributed by atoms with E-state index in [9.17, 15) is 9.59 Å². The van der Waals surface area contributed by atoms with E-state index in [1.807, 2.05) is 58.1 Å². The Morgan fingerprint density at radius 1 is 0.522 bits per heavy atom. The molecule has 272 valence electrons. The highest BCUT2D eigenvalue weighted by Crippen LogP contribution is 2.10. The molecule has 0 aliphatic heterocycles. The molecule has 10 heteroatoms.